The Labute approximate surface area is 136 Å². The van der Waals surface area contributed by atoms with E-state index in [0.29, 0.717) is 13.2 Å². The van der Waals surface area contributed by atoms with Crippen molar-refractivity contribution in [2.75, 3.05) is 6.54 Å². The molecule has 3 rings (SSSR count). The van der Waals surface area contributed by atoms with Crippen LogP contribution >= 0.6 is 0 Å². The molecule has 0 fully saturated rings. The van der Waals surface area contributed by atoms with Crippen LogP contribution in [0.1, 0.15) is 23.4 Å². The summed E-state index contributed by atoms with van der Waals surface area (Å²) >= 11 is 0. The number of aromatic nitrogens is 2. The van der Waals surface area contributed by atoms with Crippen molar-refractivity contribution >= 4 is 11.0 Å². The fourth-order valence-electron chi connectivity index (χ4n) is 2.70. The maximum Gasteiger partial charge on any atom is 0.147 e. The third-order valence-corrected chi connectivity index (χ3v) is 4.14. The normalized spacial score (nSPS) is 11.1. The number of ether oxygens (including phenoxy) is 1. The minimum absolute atomic E-state index is 0.460. The highest BCUT2D eigenvalue weighted by atomic mass is 16.5. The topological polar surface area (TPSA) is 53.1 Å². The number of aryl methyl sites for hydroxylation is 3. The van der Waals surface area contributed by atoms with Gasteiger partial charge in [0.2, 0.25) is 0 Å². The first-order chi connectivity index (χ1) is 11.2. The second kappa shape index (κ2) is 6.84. The van der Waals surface area contributed by atoms with Gasteiger partial charge in [0, 0.05) is 6.54 Å². The second-order valence-corrected chi connectivity index (χ2v) is 5.85. The quantitative estimate of drug-likeness (QED) is 0.757. The highest BCUT2D eigenvalue weighted by molar-refractivity contribution is 5.78. The molecule has 120 valence electrons. The van der Waals surface area contributed by atoms with E-state index in [4.69, 9.17) is 15.5 Å². The first-order valence-electron chi connectivity index (χ1n) is 8.03. The van der Waals surface area contributed by atoms with Gasteiger partial charge in [-0.1, -0.05) is 18.2 Å². The molecule has 0 amide bonds. The van der Waals surface area contributed by atoms with Gasteiger partial charge in [-0.3, -0.25) is 0 Å². The monoisotopic (exact) mass is 309 g/mol. The average Bonchev–Trinajstić information content (AvgIpc) is 2.89. The molecule has 0 saturated carbocycles. The zero-order chi connectivity index (χ0) is 16.2. The molecule has 4 heteroatoms. The molecule has 23 heavy (non-hydrogen) atoms. The van der Waals surface area contributed by atoms with Crippen LogP contribution in [0.4, 0.5) is 0 Å². The zero-order valence-corrected chi connectivity index (χ0v) is 13.7. The van der Waals surface area contributed by atoms with Crippen LogP contribution < -0.4 is 10.5 Å². The van der Waals surface area contributed by atoms with Crippen LogP contribution in [0.3, 0.4) is 0 Å². The highest BCUT2D eigenvalue weighted by Crippen LogP contribution is 2.22. The summed E-state index contributed by atoms with van der Waals surface area (Å²) in [7, 11) is 0. The maximum absolute atomic E-state index is 5.89. The number of rotatable bonds is 6. The van der Waals surface area contributed by atoms with Crippen LogP contribution in [-0.2, 0) is 13.2 Å². The Kier molecular flexibility index (Phi) is 4.63. The predicted molar refractivity (Wildman–Crippen MR) is 93.7 cm³/mol. The summed E-state index contributed by atoms with van der Waals surface area (Å²) in [6, 6.07) is 14.2. The molecule has 2 N–H and O–H groups in total. The van der Waals surface area contributed by atoms with E-state index in [-0.39, 0.29) is 0 Å². The fourth-order valence-corrected chi connectivity index (χ4v) is 2.70. The smallest absolute Gasteiger partial charge is 0.147 e. The summed E-state index contributed by atoms with van der Waals surface area (Å²) in [6.07, 6.45) is 0.927. The summed E-state index contributed by atoms with van der Waals surface area (Å²) in [6.45, 7) is 6.25. The van der Waals surface area contributed by atoms with Crippen molar-refractivity contribution < 1.29 is 4.74 Å². The van der Waals surface area contributed by atoms with E-state index in [2.05, 4.69) is 30.5 Å². The molecule has 0 atom stereocenters. The summed E-state index contributed by atoms with van der Waals surface area (Å²) in [5.74, 6) is 1.81. The standard InChI is InChI=1S/C19H23N3O/c1-14-11-17-18(12-15(14)2)22(10-6-9-20)19(21-17)13-23-16-7-4-3-5-8-16/h3-5,7-8,11-12H,6,9-10,13,20H2,1-2H3. The Hall–Kier alpha value is -2.33. The van der Waals surface area contributed by atoms with Crippen LogP contribution in [0, 0.1) is 13.8 Å². The van der Waals surface area contributed by atoms with Crippen molar-refractivity contribution in [2.24, 2.45) is 5.73 Å². The van der Waals surface area contributed by atoms with Gasteiger partial charge in [0.25, 0.3) is 0 Å². The third kappa shape index (κ3) is 3.37. The summed E-state index contributed by atoms with van der Waals surface area (Å²) in [5, 5.41) is 0. The molecule has 0 unspecified atom stereocenters. The Morgan fingerprint density at radius 1 is 1.09 bits per heavy atom. The fraction of sp³-hybridized carbons (Fsp3) is 0.316. The molecule has 0 aliphatic heterocycles. The minimum atomic E-state index is 0.460. The Morgan fingerprint density at radius 2 is 1.83 bits per heavy atom. The van der Waals surface area contributed by atoms with Gasteiger partial charge in [-0.15, -0.1) is 0 Å². The maximum atomic E-state index is 5.89. The SMILES string of the molecule is Cc1cc2nc(COc3ccccc3)n(CCCN)c2cc1C. The largest absolute Gasteiger partial charge is 0.486 e. The molecular formula is C19H23N3O. The average molecular weight is 309 g/mol. The van der Waals surface area contributed by atoms with Crippen molar-refractivity contribution in [3.05, 3.63) is 59.4 Å². The van der Waals surface area contributed by atoms with Gasteiger partial charge in [-0.05, 0) is 62.2 Å². The highest BCUT2D eigenvalue weighted by Gasteiger charge is 2.12. The number of nitrogens with zero attached hydrogens (tertiary/aromatic N) is 2. The lowest BCUT2D eigenvalue weighted by Gasteiger charge is -2.10. The van der Waals surface area contributed by atoms with Crippen LogP contribution in [-0.4, -0.2) is 16.1 Å². The molecule has 4 nitrogen and oxygen atoms in total. The van der Waals surface area contributed by atoms with Crippen molar-refractivity contribution in [3.8, 4) is 5.75 Å². The molecule has 0 radical (unpaired) electrons. The van der Waals surface area contributed by atoms with E-state index < -0.39 is 0 Å². The lowest BCUT2D eigenvalue weighted by molar-refractivity contribution is 0.290. The number of nitrogens with two attached hydrogens (primary N) is 1. The number of hydrogen-bond acceptors (Lipinski definition) is 3. The van der Waals surface area contributed by atoms with Crippen LogP contribution in [0.15, 0.2) is 42.5 Å². The van der Waals surface area contributed by atoms with Crippen LogP contribution in [0.25, 0.3) is 11.0 Å². The van der Waals surface area contributed by atoms with Crippen molar-refractivity contribution in [3.63, 3.8) is 0 Å². The van der Waals surface area contributed by atoms with E-state index >= 15 is 0 Å². The summed E-state index contributed by atoms with van der Waals surface area (Å²) in [4.78, 5) is 4.78. The lowest BCUT2D eigenvalue weighted by Crippen LogP contribution is -2.10. The molecule has 0 aliphatic carbocycles. The first kappa shape index (κ1) is 15.6. The Balaban J connectivity index is 1.94. The number of imidazole rings is 1. The Morgan fingerprint density at radius 3 is 2.57 bits per heavy atom. The number of hydrogen-bond donors (Lipinski definition) is 1. The summed E-state index contributed by atoms with van der Waals surface area (Å²) < 4.78 is 8.12. The molecule has 1 aromatic heterocycles. The first-order valence-corrected chi connectivity index (χ1v) is 8.03. The molecule has 1 heterocycles. The van der Waals surface area contributed by atoms with Crippen molar-refractivity contribution in [2.45, 2.75) is 33.4 Å². The zero-order valence-electron chi connectivity index (χ0n) is 13.7. The third-order valence-electron chi connectivity index (χ3n) is 4.14. The molecule has 3 aromatic rings. The van der Waals surface area contributed by atoms with E-state index in [1.165, 1.54) is 11.1 Å². The number of fused-ring (bicyclic) bond motifs is 1. The lowest BCUT2D eigenvalue weighted by atomic mass is 10.1. The van der Waals surface area contributed by atoms with Gasteiger partial charge >= 0.3 is 0 Å². The molecule has 0 aliphatic rings. The second-order valence-electron chi connectivity index (χ2n) is 5.85. The summed E-state index contributed by atoms with van der Waals surface area (Å²) in [5.41, 5.74) is 10.4. The van der Waals surface area contributed by atoms with Crippen LogP contribution in [0.2, 0.25) is 0 Å². The van der Waals surface area contributed by atoms with E-state index in [1.807, 2.05) is 30.3 Å². The van der Waals surface area contributed by atoms with Gasteiger partial charge in [0.1, 0.15) is 18.2 Å². The molecular weight excluding hydrogens is 286 g/mol. The van der Waals surface area contributed by atoms with Gasteiger partial charge in [0.05, 0.1) is 11.0 Å². The van der Waals surface area contributed by atoms with E-state index in [9.17, 15) is 0 Å². The Bertz CT molecular complexity index is 793. The van der Waals surface area contributed by atoms with Crippen molar-refractivity contribution in [1.29, 1.82) is 0 Å². The van der Waals surface area contributed by atoms with Gasteiger partial charge in [0.15, 0.2) is 0 Å². The number of benzene rings is 2. The molecule has 0 bridgehead atoms. The predicted octanol–water partition coefficient (Wildman–Crippen LogP) is 3.58. The van der Waals surface area contributed by atoms with Gasteiger partial charge in [-0.25, -0.2) is 4.98 Å². The van der Waals surface area contributed by atoms with Gasteiger partial charge in [-0.2, -0.15) is 0 Å². The minimum Gasteiger partial charge on any atom is -0.486 e. The number of para-hydroxylation sites is 1. The van der Waals surface area contributed by atoms with E-state index in [1.54, 1.807) is 0 Å². The van der Waals surface area contributed by atoms with Crippen molar-refractivity contribution in [1.82, 2.24) is 9.55 Å². The van der Waals surface area contributed by atoms with Gasteiger partial charge < -0.3 is 15.0 Å². The molecule has 0 saturated heterocycles. The molecule has 2 aromatic carbocycles. The van der Waals surface area contributed by atoms with Crippen LogP contribution in [0.5, 0.6) is 5.75 Å². The molecule has 0 spiro atoms. The van der Waals surface area contributed by atoms with E-state index in [0.717, 1.165) is 35.6 Å².